The Morgan fingerprint density at radius 2 is 1.85 bits per heavy atom. The van der Waals surface area contributed by atoms with E-state index in [9.17, 15) is 14.7 Å². The van der Waals surface area contributed by atoms with Crippen molar-refractivity contribution in [3.63, 3.8) is 0 Å². The summed E-state index contributed by atoms with van der Waals surface area (Å²) in [5, 5.41) is 9.80. The highest BCUT2D eigenvalue weighted by Gasteiger charge is 2.29. The molecule has 0 bridgehead atoms. The Labute approximate surface area is 112 Å². The molecule has 0 atom stereocenters. The van der Waals surface area contributed by atoms with Crippen LogP contribution in [0.2, 0.25) is 0 Å². The van der Waals surface area contributed by atoms with E-state index in [0.717, 1.165) is 0 Å². The number of ketones is 1. The molecule has 1 aromatic heterocycles. The topological polar surface area (TPSA) is 72.2 Å². The van der Waals surface area contributed by atoms with Crippen molar-refractivity contribution in [2.24, 2.45) is 0 Å². The fourth-order valence-corrected chi connectivity index (χ4v) is 2.53. The van der Waals surface area contributed by atoms with E-state index in [1.165, 1.54) is 22.8 Å². The van der Waals surface area contributed by atoms with Crippen LogP contribution in [0.4, 0.5) is 0 Å². The lowest BCUT2D eigenvalue weighted by atomic mass is 10.1. The molecule has 1 aliphatic rings. The number of para-hydroxylation sites is 1. The number of carbonyl (C=O) groups is 1. The van der Waals surface area contributed by atoms with Crippen LogP contribution in [0.1, 0.15) is 16.2 Å². The fraction of sp³-hybridized carbons (Fsp3) is 0. The second-order valence-corrected chi connectivity index (χ2v) is 4.62. The van der Waals surface area contributed by atoms with Crippen LogP contribution in [0.5, 0.6) is 5.75 Å². The number of aromatic nitrogens is 2. The zero-order valence-electron chi connectivity index (χ0n) is 10.2. The molecular weight excluding hydrogens is 256 g/mol. The van der Waals surface area contributed by atoms with Crippen molar-refractivity contribution in [3.8, 4) is 11.4 Å². The van der Waals surface area contributed by atoms with E-state index in [2.05, 4.69) is 4.98 Å². The van der Waals surface area contributed by atoms with Gasteiger partial charge in [-0.2, -0.15) is 0 Å². The minimum absolute atomic E-state index is 0.00504. The predicted molar refractivity (Wildman–Crippen MR) is 72.4 cm³/mol. The quantitative estimate of drug-likeness (QED) is 0.524. The molecular formula is C15H8N2O3. The maximum absolute atomic E-state index is 12.5. The van der Waals surface area contributed by atoms with Crippen LogP contribution in [-0.4, -0.2) is 20.4 Å². The van der Waals surface area contributed by atoms with Crippen molar-refractivity contribution >= 4 is 16.7 Å². The summed E-state index contributed by atoms with van der Waals surface area (Å²) >= 11 is 0. The second kappa shape index (κ2) is 3.54. The third-order valence-electron chi connectivity index (χ3n) is 3.44. The summed E-state index contributed by atoms with van der Waals surface area (Å²) < 4.78 is 1.30. The number of benzene rings is 2. The summed E-state index contributed by atoms with van der Waals surface area (Å²) in [6, 6.07) is 11.2. The number of carbonyl (C=O) groups excluding carboxylic acids is 1. The molecule has 5 nitrogen and oxygen atoms in total. The summed E-state index contributed by atoms with van der Waals surface area (Å²) in [5.41, 5.74) is 1.06. The van der Waals surface area contributed by atoms with Gasteiger partial charge in [0.15, 0.2) is 5.82 Å². The SMILES string of the molecule is O=C1c2ccccc2-n2c1nc1ccc(O)cc1c2=O. The number of nitrogens with zero attached hydrogens (tertiary/aromatic N) is 2. The molecule has 20 heavy (non-hydrogen) atoms. The van der Waals surface area contributed by atoms with Gasteiger partial charge < -0.3 is 5.11 Å². The van der Waals surface area contributed by atoms with Crippen molar-refractivity contribution in [2.75, 3.05) is 0 Å². The largest absolute Gasteiger partial charge is 0.508 e. The Balaban J connectivity index is 2.21. The molecule has 3 aromatic rings. The van der Waals surface area contributed by atoms with Gasteiger partial charge in [-0.05, 0) is 30.3 Å². The number of hydrogen-bond acceptors (Lipinski definition) is 4. The van der Waals surface area contributed by atoms with E-state index < -0.39 is 0 Å². The normalized spacial score (nSPS) is 12.5. The van der Waals surface area contributed by atoms with Gasteiger partial charge >= 0.3 is 0 Å². The number of hydrogen-bond donors (Lipinski definition) is 1. The van der Waals surface area contributed by atoms with Crippen LogP contribution in [0.25, 0.3) is 16.6 Å². The first kappa shape index (κ1) is 10.9. The van der Waals surface area contributed by atoms with Gasteiger partial charge in [0.05, 0.1) is 22.2 Å². The van der Waals surface area contributed by atoms with Crippen LogP contribution in [0.15, 0.2) is 47.3 Å². The van der Waals surface area contributed by atoms with E-state index in [0.29, 0.717) is 22.2 Å². The average Bonchev–Trinajstić information content (AvgIpc) is 2.74. The van der Waals surface area contributed by atoms with E-state index in [1.54, 1.807) is 24.3 Å². The van der Waals surface area contributed by atoms with Gasteiger partial charge in [-0.3, -0.25) is 14.2 Å². The van der Waals surface area contributed by atoms with Crippen LogP contribution < -0.4 is 5.56 Å². The van der Waals surface area contributed by atoms with Gasteiger partial charge in [0.1, 0.15) is 5.75 Å². The smallest absolute Gasteiger partial charge is 0.266 e. The molecule has 5 heteroatoms. The van der Waals surface area contributed by atoms with Crippen molar-refractivity contribution < 1.29 is 9.90 Å². The minimum Gasteiger partial charge on any atom is -0.508 e. The molecule has 0 saturated heterocycles. The predicted octanol–water partition coefficient (Wildman–Crippen LogP) is 1.64. The molecule has 0 saturated carbocycles. The molecule has 96 valence electrons. The van der Waals surface area contributed by atoms with Gasteiger partial charge in [-0.15, -0.1) is 0 Å². The molecule has 0 radical (unpaired) electrons. The second-order valence-electron chi connectivity index (χ2n) is 4.62. The van der Waals surface area contributed by atoms with Gasteiger partial charge in [-0.25, -0.2) is 4.98 Å². The third kappa shape index (κ3) is 1.23. The van der Waals surface area contributed by atoms with Crippen molar-refractivity contribution in [1.29, 1.82) is 0 Å². The summed E-state index contributed by atoms with van der Waals surface area (Å²) in [7, 11) is 0. The van der Waals surface area contributed by atoms with Crippen molar-refractivity contribution in [1.82, 2.24) is 9.55 Å². The highest BCUT2D eigenvalue weighted by Crippen LogP contribution is 2.26. The Hall–Kier alpha value is -2.95. The summed E-state index contributed by atoms with van der Waals surface area (Å²) in [6.07, 6.45) is 0. The van der Waals surface area contributed by atoms with Crippen LogP contribution in [0.3, 0.4) is 0 Å². The monoisotopic (exact) mass is 264 g/mol. The highest BCUT2D eigenvalue weighted by atomic mass is 16.3. The van der Waals surface area contributed by atoms with E-state index in [-0.39, 0.29) is 22.9 Å². The highest BCUT2D eigenvalue weighted by molar-refractivity contribution is 6.13. The van der Waals surface area contributed by atoms with Crippen LogP contribution >= 0.6 is 0 Å². The van der Waals surface area contributed by atoms with Gasteiger partial charge in [0, 0.05) is 0 Å². The molecule has 1 N–H and O–H groups in total. The Kier molecular flexibility index (Phi) is 1.93. The zero-order chi connectivity index (χ0) is 13.9. The number of phenolic OH excluding ortho intramolecular Hbond substituents is 1. The number of rotatable bonds is 0. The minimum atomic E-state index is -0.348. The van der Waals surface area contributed by atoms with Gasteiger partial charge in [-0.1, -0.05) is 12.1 Å². The van der Waals surface area contributed by atoms with Crippen LogP contribution in [0, 0.1) is 0 Å². The summed E-state index contributed by atoms with van der Waals surface area (Å²) in [6.45, 7) is 0. The van der Waals surface area contributed by atoms with Crippen LogP contribution in [-0.2, 0) is 0 Å². The van der Waals surface area contributed by atoms with E-state index >= 15 is 0 Å². The zero-order valence-corrected chi connectivity index (χ0v) is 10.2. The Morgan fingerprint density at radius 3 is 2.70 bits per heavy atom. The number of aromatic hydroxyl groups is 1. The Morgan fingerprint density at radius 1 is 1.05 bits per heavy atom. The summed E-state index contributed by atoms with van der Waals surface area (Å²) in [5.74, 6) is -0.142. The first-order chi connectivity index (χ1) is 9.66. The molecule has 2 heterocycles. The molecule has 0 amide bonds. The fourth-order valence-electron chi connectivity index (χ4n) is 2.53. The number of phenols is 1. The molecule has 0 fully saturated rings. The maximum atomic E-state index is 12.5. The lowest BCUT2D eigenvalue weighted by Crippen LogP contribution is -2.21. The van der Waals surface area contributed by atoms with Crippen molar-refractivity contribution in [2.45, 2.75) is 0 Å². The maximum Gasteiger partial charge on any atom is 0.266 e. The van der Waals surface area contributed by atoms with E-state index in [1.807, 2.05) is 0 Å². The standard InChI is InChI=1S/C15H8N2O3/c18-8-5-6-11-10(7-8)15(20)17-12-4-2-1-3-9(12)13(19)14(17)16-11/h1-7,18H. The number of fused-ring (bicyclic) bond motifs is 4. The third-order valence-corrected chi connectivity index (χ3v) is 3.44. The lowest BCUT2D eigenvalue weighted by molar-refractivity contribution is 0.103. The Bertz CT molecular complexity index is 957. The molecule has 1 aliphatic heterocycles. The lowest BCUT2D eigenvalue weighted by Gasteiger charge is -2.05. The van der Waals surface area contributed by atoms with Gasteiger partial charge in [0.2, 0.25) is 5.78 Å². The average molecular weight is 264 g/mol. The molecule has 0 aliphatic carbocycles. The van der Waals surface area contributed by atoms with E-state index in [4.69, 9.17) is 0 Å². The molecule has 0 unspecified atom stereocenters. The first-order valence-corrected chi connectivity index (χ1v) is 6.07. The van der Waals surface area contributed by atoms with Crippen molar-refractivity contribution in [3.05, 3.63) is 64.2 Å². The molecule has 0 spiro atoms. The molecule has 2 aromatic carbocycles. The summed E-state index contributed by atoms with van der Waals surface area (Å²) in [4.78, 5) is 29.1. The van der Waals surface area contributed by atoms with Gasteiger partial charge in [0.25, 0.3) is 5.56 Å². The molecule has 4 rings (SSSR count). The first-order valence-electron chi connectivity index (χ1n) is 6.07.